The molecule has 100 valence electrons. The van der Waals surface area contributed by atoms with Crippen LogP contribution in [-0.2, 0) is 12.8 Å². The van der Waals surface area contributed by atoms with Crippen LogP contribution in [0.25, 0.3) is 0 Å². The highest BCUT2D eigenvalue weighted by Crippen LogP contribution is 2.32. The van der Waals surface area contributed by atoms with Crippen molar-refractivity contribution in [3.05, 3.63) is 57.6 Å². The van der Waals surface area contributed by atoms with Gasteiger partial charge in [-0.05, 0) is 83.1 Å². The first-order valence-electron chi connectivity index (χ1n) is 6.75. The van der Waals surface area contributed by atoms with Crippen LogP contribution in [0.5, 0.6) is 11.5 Å². The molecule has 0 aliphatic heterocycles. The van der Waals surface area contributed by atoms with Crippen LogP contribution in [-0.4, -0.2) is 0 Å². The summed E-state index contributed by atoms with van der Waals surface area (Å²) >= 11 is 3.44. The van der Waals surface area contributed by atoms with Gasteiger partial charge in [0.1, 0.15) is 11.5 Å². The Morgan fingerprint density at radius 2 is 1.80 bits per heavy atom. The lowest BCUT2D eigenvalue weighted by atomic mass is 9.92. The number of hydrogen-bond acceptors (Lipinski definition) is 2. The molecule has 2 aromatic rings. The van der Waals surface area contributed by atoms with Gasteiger partial charge in [-0.25, -0.2) is 0 Å². The molecule has 0 radical (unpaired) electrons. The van der Waals surface area contributed by atoms with Crippen molar-refractivity contribution in [3.8, 4) is 17.6 Å². The second kappa shape index (κ2) is 5.68. The van der Waals surface area contributed by atoms with Gasteiger partial charge in [0.15, 0.2) is 0 Å². The van der Waals surface area contributed by atoms with Gasteiger partial charge in [0, 0.05) is 0 Å². The van der Waals surface area contributed by atoms with E-state index in [-0.39, 0.29) is 0 Å². The highest BCUT2D eigenvalue weighted by Gasteiger charge is 2.11. The first kappa shape index (κ1) is 13.2. The Balaban J connectivity index is 1.86. The van der Waals surface area contributed by atoms with Crippen LogP contribution in [0.2, 0.25) is 0 Å². The van der Waals surface area contributed by atoms with Crippen molar-refractivity contribution in [1.29, 1.82) is 5.26 Å². The van der Waals surface area contributed by atoms with Crippen LogP contribution in [0.3, 0.4) is 0 Å². The van der Waals surface area contributed by atoms with Crippen LogP contribution >= 0.6 is 15.9 Å². The third kappa shape index (κ3) is 2.71. The maximum atomic E-state index is 8.86. The number of aryl methyl sites for hydroxylation is 2. The van der Waals surface area contributed by atoms with E-state index in [0.29, 0.717) is 5.56 Å². The molecule has 2 aromatic carbocycles. The van der Waals surface area contributed by atoms with Crippen molar-refractivity contribution in [3.63, 3.8) is 0 Å². The van der Waals surface area contributed by atoms with Gasteiger partial charge >= 0.3 is 0 Å². The number of halogens is 1. The van der Waals surface area contributed by atoms with Crippen molar-refractivity contribution < 1.29 is 4.74 Å². The SMILES string of the molecule is N#Cc1ccc(Oc2ccc3c(c2)CCCC3)c(Br)c1. The molecule has 3 heteroatoms. The van der Waals surface area contributed by atoms with E-state index in [0.717, 1.165) is 22.4 Å². The minimum Gasteiger partial charge on any atom is -0.456 e. The van der Waals surface area contributed by atoms with Gasteiger partial charge in [0.05, 0.1) is 16.1 Å². The summed E-state index contributed by atoms with van der Waals surface area (Å²) in [6.45, 7) is 0. The van der Waals surface area contributed by atoms with Gasteiger partial charge in [0.2, 0.25) is 0 Å². The predicted molar refractivity (Wildman–Crippen MR) is 82.0 cm³/mol. The molecule has 0 aromatic heterocycles. The molecular weight excluding hydrogens is 314 g/mol. The Kier molecular flexibility index (Phi) is 3.75. The molecule has 1 aliphatic rings. The third-order valence-electron chi connectivity index (χ3n) is 3.61. The maximum absolute atomic E-state index is 8.86. The number of ether oxygens (including phenoxy) is 1. The second-order valence-electron chi connectivity index (χ2n) is 5.00. The van der Waals surface area contributed by atoms with E-state index in [1.807, 2.05) is 12.1 Å². The molecule has 0 atom stereocenters. The molecule has 0 amide bonds. The Bertz CT molecular complexity index is 688. The standard InChI is InChI=1S/C17H14BrNO/c18-16-9-12(11-19)5-8-17(16)20-15-7-6-13-3-1-2-4-14(13)10-15/h5-10H,1-4H2. The monoisotopic (exact) mass is 327 g/mol. The Morgan fingerprint density at radius 3 is 2.55 bits per heavy atom. The minimum atomic E-state index is 0.620. The van der Waals surface area contributed by atoms with Crippen molar-refractivity contribution in [2.75, 3.05) is 0 Å². The van der Waals surface area contributed by atoms with Crippen LogP contribution < -0.4 is 4.74 Å². The number of benzene rings is 2. The predicted octanol–water partition coefficient (Wildman–Crippen LogP) is 4.99. The second-order valence-corrected chi connectivity index (χ2v) is 5.85. The zero-order chi connectivity index (χ0) is 13.9. The summed E-state index contributed by atoms with van der Waals surface area (Å²) in [7, 11) is 0. The average molecular weight is 328 g/mol. The molecule has 0 fully saturated rings. The minimum absolute atomic E-state index is 0.620. The Labute approximate surface area is 127 Å². The number of fused-ring (bicyclic) bond motifs is 1. The molecular formula is C17H14BrNO. The number of nitrogens with zero attached hydrogens (tertiary/aromatic N) is 1. The fraction of sp³-hybridized carbons (Fsp3) is 0.235. The molecule has 0 heterocycles. The highest BCUT2D eigenvalue weighted by atomic mass is 79.9. The normalized spacial score (nSPS) is 13.4. The van der Waals surface area contributed by atoms with E-state index >= 15 is 0 Å². The van der Waals surface area contributed by atoms with Crippen LogP contribution in [0, 0.1) is 11.3 Å². The Morgan fingerprint density at radius 1 is 1.00 bits per heavy atom. The fourth-order valence-electron chi connectivity index (χ4n) is 2.55. The van der Waals surface area contributed by atoms with Crippen molar-refractivity contribution in [2.24, 2.45) is 0 Å². The van der Waals surface area contributed by atoms with E-state index in [2.05, 4.69) is 34.1 Å². The zero-order valence-corrected chi connectivity index (χ0v) is 12.6. The molecule has 0 N–H and O–H groups in total. The molecule has 0 saturated carbocycles. The van der Waals surface area contributed by atoms with Gasteiger partial charge in [-0.15, -0.1) is 0 Å². The molecule has 1 aliphatic carbocycles. The zero-order valence-electron chi connectivity index (χ0n) is 11.0. The van der Waals surface area contributed by atoms with Gasteiger partial charge in [-0.2, -0.15) is 5.26 Å². The summed E-state index contributed by atoms with van der Waals surface area (Å²) in [5.74, 6) is 1.59. The van der Waals surface area contributed by atoms with Crippen LogP contribution in [0.1, 0.15) is 29.5 Å². The van der Waals surface area contributed by atoms with Crippen LogP contribution in [0.15, 0.2) is 40.9 Å². The van der Waals surface area contributed by atoms with E-state index in [1.54, 1.807) is 12.1 Å². The summed E-state index contributed by atoms with van der Waals surface area (Å²) in [5.41, 5.74) is 3.47. The lowest BCUT2D eigenvalue weighted by Gasteiger charge is -2.17. The van der Waals surface area contributed by atoms with E-state index < -0.39 is 0 Å². The summed E-state index contributed by atoms with van der Waals surface area (Å²) in [5, 5.41) is 8.86. The van der Waals surface area contributed by atoms with Gasteiger partial charge in [-0.1, -0.05) is 6.07 Å². The number of rotatable bonds is 2. The van der Waals surface area contributed by atoms with Gasteiger partial charge in [0.25, 0.3) is 0 Å². The summed E-state index contributed by atoms with van der Waals surface area (Å²) < 4.78 is 6.72. The highest BCUT2D eigenvalue weighted by molar-refractivity contribution is 9.10. The smallest absolute Gasteiger partial charge is 0.141 e. The molecule has 3 rings (SSSR count). The largest absolute Gasteiger partial charge is 0.456 e. The Hall–Kier alpha value is -1.79. The van der Waals surface area contributed by atoms with E-state index in [4.69, 9.17) is 10.00 Å². The maximum Gasteiger partial charge on any atom is 0.141 e. The van der Waals surface area contributed by atoms with Gasteiger partial charge in [-0.3, -0.25) is 0 Å². The number of nitriles is 1. The topological polar surface area (TPSA) is 33.0 Å². The first-order chi connectivity index (χ1) is 9.76. The third-order valence-corrected chi connectivity index (χ3v) is 4.23. The summed E-state index contributed by atoms with van der Waals surface area (Å²) in [6, 6.07) is 13.8. The molecule has 2 nitrogen and oxygen atoms in total. The van der Waals surface area contributed by atoms with Crippen molar-refractivity contribution in [2.45, 2.75) is 25.7 Å². The quantitative estimate of drug-likeness (QED) is 0.778. The average Bonchev–Trinajstić information content (AvgIpc) is 2.49. The molecule has 0 unspecified atom stereocenters. The fourth-order valence-corrected chi connectivity index (χ4v) is 3.01. The van der Waals surface area contributed by atoms with E-state index in [1.165, 1.54) is 30.4 Å². The first-order valence-corrected chi connectivity index (χ1v) is 7.55. The number of hydrogen-bond donors (Lipinski definition) is 0. The molecule has 20 heavy (non-hydrogen) atoms. The van der Waals surface area contributed by atoms with Crippen LogP contribution in [0.4, 0.5) is 0 Å². The lowest BCUT2D eigenvalue weighted by molar-refractivity contribution is 0.477. The molecule has 0 bridgehead atoms. The van der Waals surface area contributed by atoms with Crippen molar-refractivity contribution >= 4 is 15.9 Å². The summed E-state index contributed by atoms with van der Waals surface area (Å²) in [6.07, 6.45) is 4.86. The lowest BCUT2D eigenvalue weighted by Crippen LogP contribution is -2.02. The molecule has 0 saturated heterocycles. The van der Waals surface area contributed by atoms with Gasteiger partial charge < -0.3 is 4.74 Å². The summed E-state index contributed by atoms with van der Waals surface area (Å²) in [4.78, 5) is 0. The van der Waals surface area contributed by atoms with E-state index in [9.17, 15) is 0 Å². The molecule has 0 spiro atoms. The van der Waals surface area contributed by atoms with Crippen molar-refractivity contribution in [1.82, 2.24) is 0 Å².